The Morgan fingerprint density at radius 1 is 1.23 bits per heavy atom. The van der Waals surface area contributed by atoms with Crippen molar-refractivity contribution in [3.8, 4) is 0 Å². The van der Waals surface area contributed by atoms with Crippen LogP contribution in [0.2, 0.25) is 0 Å². The van der Waals surface area contributed by atoms with Crippen molar-refractivity contribution >= 4 is 12.0 Å². The molecule has 1 atom stereocenters. The van der Waals surface area contributed by atoms with Gasteiger partial charge in [-0.15, -0.1) is 0 Å². The molecule has 0 radical (unpaired) electrons. The first-order chi connectivity index (χ1) is 14.8. The SMILES string of the molecule is CC(C)(C)OC(=O)N1CCN[C@@H](C(=O)NCCc2cncn2CCc2ccccc2)C1. The first-order valence-corrected chi connectivity index (χ1v) is 10.8. The Kier molecular flexibility index (Phi) is 7.68. The van der Waals surface area contributed by atoms with Gasteiger partial charge in [0.25, 0.3) is 0 Å². The van der Waals surface area contributed by atoms with Gasteiger partial charge in [0, 0.05) is 51.0 Å². The summed E-state index contributed by atoms with van der Waals surface area (Å²) in [6, 6.07) is 9.90. The molecule has 1 aliphatic rings. The molecule has 168 valence electrons. The molecule has 2 amide bonds. The van der Waals surface area contributed by atoms with Gasteiger partial charge in [0.15, 0.2) is 0 Å². The van der Waals surface area contributed by atoms with Crippen molar-refractivity contribution in [2.75, 3.05) is 26.2 Å². The fourth-order valence-corrected chi connectivity index (χ4v) is 3.51. The largest absolute Gasteiger partial charge is 0.444 e. The molecule has 0 aliphatic carbocycles. The number of nitrogens with zero attached hydrogens (tertiary/aromatic N) is 3. The second kappa shape index (κ2) is 10.4. The highest BCUT2D eigenvalue weighted by Gasteiger charge is 2.30. The number of carbonyl (C=O) groups excluding carboxylic acids is 2. The lowest BCUT2D eigenvalue weighted by atomic mass is 10.1. The number of rotatable bonds is 7. The second-order valence-corrected chi connectivity index (χ2v) is 8.79. The third-order valence-electron chi connectivity index (χ3n) is 5.11. The van der Waals surface area contributed by atoms with Gasteiger partial charge in [0.05, 0.1) is 6.33 Å². The maximum Gasteiger partial charge on any atom is 0.410 e. The normalized spacial score (nSPS) is 16.7. The van der Waals surface area contributed by atoms with E-state index in [9.17, 15) is 9.59 Å². The predicted octanol–water partition coefficient (Wildman–Crippen LogP) is 1.99. The van der Waals surface area contributed by atoms with Crippen LogP contribution in [0.1, 0.15) is 32.0 Å². The van der Waals surface area contributed by atoms with Crippen LogP contribution >= 0.6 is 0 Å². The maximum atomic E-state index is 12.6. The van der Waals surface area contributed by atoms with Crippen molar-refractivity contribution in [3.63, 3.8) is 0 Å². The molecule has 3 rings (SSSR count). The number of piperazine rings is 1. The Labute approximate surface area is 184 Å². The topological polar surface area (TPSA) is 88.5 Å². The van der Waals surface area contributed by atoms with Crippen LogP contribution in [0.15, 0.2) is 42.9 Å². The number of benzene rings is 1. The van der Waals surface area contributed by atoms with Gasteiger partial charge in [-0.3, -0.25) is 4.79 Å². The van der Waals surface area contributed by atoms with Crippen molar-refractivity contribution in [3.05, 3.63) is 54.1 Å². The molecule has 1 aromatic carbocycles. The maximum absolute atomic E-state index is 12.6. The van der Waals surface area contributed by atoms with Crippen LogP contribution in [-0.4, -0.2) is 64.3 Å². The summed E-state index contributed by atoms with van der Waals surface area (Å²) in [6.45, 7) is 8.26. The van der Waals surface area contributed by atoms with Gasteiger partial charge >= 0.3 is 6.09 Å². The Balaban J connectivity index is 1.44. The number of amides is 2. The number of aryl methyl sites for hydroxylation is 2. The third kappa shape index (κ3) is 7.10. The van der Waals surface area contributed by atoms with Crippen LogP contribution in [0.4, 0.5) is 4.79 Å². The molecule has 0 saturated carbocycles. The van der Waals surface area contributed by atoms with E-state index in [2.05, 4.69) is 32.3 Å². The molecule has 2 N–H and O–H groups in total. The molecule has 0 unspecified atom stereocenters. The summed E-state index contributed by atoms with van der Waals surface area (Å²) in [5, 5.41) is 6.16. The minimum Gasteiger partial charge on any atom is -0.444 e. The van der Waals surface area contributed by atoms with Crippen molar-refractivity contribution in [1.29, 1.82) is 0 Å². The van der Waals surface area contributed by atoms with Crippen molar-refractivity contribution < 1.29 is 14.3 Å². The van der Waals surface area contributed by atoms with Crippen LogP contribution in [0, 0.1) is 0 Å². The molecule has 2 heterocycles. The van der Waals surface area contributed by atoms with E-state index in [0.717, 1.165) is 18.7 Å². The zero-order chi connectivity index (χ0) is 22.3. The van der Waals surface area contributed by atoms with Gasteiger partial charge < -0.3 is 24.8 Å². The average Bonchev–Trinajstić information content (AvgIpc) is 3.19. The molecular formula is C23H33N5O3. The molecule has 1 aliphatic heterocycles. The van der Waals surface area contributed by atoms with Crippen molar-refractivity contribution in [1.82, 2.24) is 25.1 Å². The molecule has 1 fully saturated rings. The Morgan fingerprint density at radius 2 is 2.00 bits per heavy atom. The summed E-state index contributed by atoms with van der Waals surface area (Å²) in [5.74, 6) is -0.108. The number of hydrogen-bond acceptors (Lipinski definition) is 5. The lowest BCUT2D eigenvalue weighted by Crippen LogP contribution is -2.59. The van der Waals surface area contributed by atoms with E-state index in [-0.39, 0.29) is 12.0 Å². The molecule has 1 aromatic heterocycles. The quantitative estimate of drug-likeness (QED) is 0.706. The zero-order valence-corrected chi connectivity index (χ0v) is 18.6. The van der Waals surface area contributed by atoms with Crippen LogP contribution in [0.5, 0.6) is 0 Å². The van der Waals surface area contributed by atoms with Gasteiger partial charge in [-0.2, -0.15) is 0 Å². The average molecular weight is 428 g/mol. The minimum atomic E-state index is -0.552. The molecular weight excluding hydrogens is 394 g/mol. The Hall–Kier alpha value is -2.87. The fraction of sp³-hybridized carbons (Fsp3) is 0.522. The smallest absolute Gasteiger partial charge is 0.410 e. The van der Waals surface area contributed by atoms with Crippen LogP contribution in [-0.2, 0) is 28.9 Å². The van der Waals surface area contributed by atoms with Gasteiger partial charge in [-0.1, -0.05) is 30.3 Å². The summed E-state index contributed by atoms with van der Waals surface area (Å²) in [5.41, 5.74) is 1.82. The highest BCUT2D eigenvalue weighted by atomic mass is 16.6. The first-order valence-electron chi connectivity index (χ1n) is 10.8. The summed E-state index contributed by atoms with van der Waals surface area (Å²) in [4.78, 5) is 30.7. The van der Waals surface area contributed by atoms with Crippen LogP contribution in [0.3, 0.4) is 0 Å². The zero-order valence-electron chi connectivity index (χ0n) is 18.6. The van der Waals surface area contributed by atoms with Crippen LogP contribution in [0.25, 0.3) is 0 Å². The second-order valence-electron chi connectivity index (χ2n) is 8.79. The lowest BCUT2D eigenvalue weighted by Gasteiger charge is -2.34. The summed E-state index contributed by atoms with van der Waals surface area (Å²) in [7, 11) is 0. The predicted molar refractivity (Wildman–Crippen MR) is 119 cm³/mol. The van der Waals surface area contributed by atoms with Gasteiger partial charge in [-0.25, -0.2) is 9.78 Å². The summed E-state index contributed by atoms with van der Waals surface area (Å²) in [6.07, 6.45) is 4.93. The van der Waals surface area contributed by atoms with Gasteiger partial charge in [0.2, 0.25) is 5.91 Å². The minimum absolute atomic E-state index is 0.108. The molecule has 8 nitrogen and oxygen atoms in total. The molecule has 0 spiro atoms. The monoisotopic (exact) mass is 427 g/mol. The Bertz CT molecular complexity index is 860. The van der Waals surface area contributed by atoms with Gasteiger partial charge in [-0.05, 0) is 32.8 Å². The molecule has 2 aromatic rings. The standard InChI is InChI=1S/C23H33N5O3/c1-23(2,3)31-22(30)27-14-12-25-20(16-27)21(29)26-11-9-19-15-24-17-28(19)13-10-18-7-5-4-6-8-18/h4-8,15,17,20,25H,9-14,16H2,1-3H3,(H,26,29)/t20-/m1/s1. The number of hydrogen-bond donors (Lipinski definition) is 2. The van der Waals surface area contributed by atoms with E-state index < -0.39 is 11.6 Å². The highest BCUT2D eigenvalue weighted by molar-refractivity contribution is 5.83. The van der Waals surface area contributed by atoms with E-state index in [4.69, 9.17) is 4.74 Å². The van der Waals surface area contributed by atoms with Crippen molar-refractivity contribution in [2.24, 2.45) is 0 Å². The van der Waals surface area contributed by atoms with Gasteiger partial charge in [0.1, 0.15) is 11.6 Å². The number of nitrogens with one attached hydrogen (secondary N) is 2. The fourth-order valence-electron chi connectivity index (χ4n) is 3.51. The number of imidazole rings is 1. The third-order valence-corrected chi connectivity index (χ3v) is 5.11. The first kappa shape index (κ1) is 22.8. The van der Waals surface area contributed by atoms with E-state index in [1.807, 2.05) is 51.5 Å². The summed E-state index contributed by atoms with van der Waals surface area (Å²) < 4.78 is 7.55. The summed E-state index contributed by atoms with van der Waals surface area (Å²) >= 11 is 0. The molecule has 31 heavy (non-hydrogen) atoms. The molecule has 0 bridgehead atoms. The molecule has 1 saturated heterocycles. The lowest BCUT2D eigenvalue weighted by molar-refractivity contribution is -0.124. The number of ether oxygens (including phenoxy) is 1. The van der Waals surface area contributed by atoms with E-state index in [1.165, 1.54) is 5.56 Å². The highest BCUT2D eigenvalue weighted by Crippen LogP contribution is 2.11. The van der Waals surface area contributed by atoms with E-state index in [0.29, 0.717) is 32.6 Å². The number of aromatic nitrogens is 2. The molecule has 8 heteroatoms. The van der Waals surface area contributed by atoms with E-state index >= 15 is 0 Å². The van der Waals surface area contributed by atoms with E-state index in [1.54, 1.807) is 4.90 Å². The Morgan fingerprint density at radius 3 is 2.74 bits per heavy atom. The van der Waals surface area contributed by atoms with Crippen molar-refractivity contribution in [2.45, 2.75) is 51.8 Å². The number of carbonyl (C=O) groups is 2. The van der Waals surface area contributed by atoms with Crippen LogP contribution < -0.4 is 10.6 Å².